The van der Waals surface area contributed by atoms with Gasteiger partial charge in [0.05, 0.1) is 10.0 Å². The average Bonchev–Trinajstić information content (AvgIpc) is 2.06. The van der Waals surface area contributed by atoms with Crippen LogP contribution in [0.1, 0.15) is 81.4 Å². The van der Waals surface area contributed by atoms with E-state index >= 15 is 14.4 Å². The molecule has 25 nitrogen and oxygen atoms in total. The van der Waals surface area contributed by atoms with Crippen LogP contribution in [0.3, 0.4) is 0 Å². The number of aromatic hydroxyl groups is 6. The van der Waals surface area contributed by atoms with Crippen molar-refractivity contribution >= 4 is 64.6 Å². The number of rotatable bonds is 5. The Balaban J connectivity index is 1.18. The standard InChI is InChI=1S/C58H47Cl2N7O18/c59-33-16-25(6-13-36(33)71)44-53(77)64-45-27-18-39(84-30-10-3-23(4-11-30)49(73)47(56(80)63-44)66-52(76)42(61)22-1-8-28(68)9-2-22)51(75)40(19-27)85-38-14-7-26(17-34(38)60)50(74)48-57(81)65-46(58(82)83)32-20-29(69)21-37(72)41(32)31-15-24(5-12-35(31)70)43(54(78)67-48)62-55(45)79/h1-21,42-50,68-75H,61H2,(H,62,79)(H,63,80)(H,64,77)(H,65,81)(H,66,76)(H,67,78)(H,82,83)/t42-,43-,44?,45-,46+,47-,48+,49-,50-/m1/s1. The first-order valence-electron chi connectivity index (χ1n) is 25.4. The number of hydrogen-bond acceptors (Lipinski definition) is 18. The van der Waals surface area contributed by atoms with Crippen molar-refractivity contribution in [3.63, 3.8) is 0 Å². The highest BCUT2D eigenvalue weighted by Gasteiger charge is 2.42. The zero-order valence-corrected chi connectivity index (χ0v) is 44.9. The molecule has 5 aliphatic heterocycles. The zero-order chi connectivity index (χ0) is 60.9. The van der Waals surface area contributed by atoms with Crippen molar-refractivity contribution in [3.8, 4) is 68.6 Å². The van der Waals surface area contributed by atoms with E-state index in [1.54, 1.807) is 0 Å². The first-order chi connectivity index (χ1) is 40.4. The second-order valence-electron chi connectivity index (χ2n) is 19.8. The number of aliphatic hydroxyl groups is 2. The Kier molecular flexibility index (Phi) is 15.8. The number of ether oxygens (including phenoxy) is 2. The summed E-state index contributed by atoms with van der Waals surface area (Å²) in [6, 6.07) is 10.0. The highest BCUT2D eigenvalue weighted by Crippen LogP contribution is 2.47. The molecule has 5 aliphatic rings. The number of halogens is 2. The van der Waals surface area contributed by atoms with Gasteiger partial charge in [0.1, 0.15) is 88.7 Å². The number of carbonyl (C=O) groups is 7. The van der Waals surface area contributed by atoms with Crippen LogP contribution in [0.25, 0.3) is 11.1 Å². The van der Waals surface area contributed by atoms with E-state index in [1.807, 2.05) is 0 Å². The first-order valence-corrected chi connectivity index (χ1v) is 26.2. The van der Waals surface area contributed by atoms with E-state index < -0.39 is 153 Å². The van der Waals surface area contributed by atoms with Crippen LogP contribution in [0.15, 0.2) is 127 Å². The number of carboxylic acids is 1. The minimum absolute atomic E-state index is 0.0184. The molecule has 7 aromatic carbocycles. The molecule has 0 fully saturated rings. The van der Waals surface area contributed by atoms with E-state index in [-0.39, 0.29) is 60.7 Å². The molecular weight excluding hydrogens is 1150 g/mol. The predicted molar refractivity (Wildman–Crippen MR) is 296 cm³/mol. The van der Waals surface area contributed by atoms with Crippen LogP contribution in [0.4, 0.5) is 0 Å². The predicted octanol–water partition coefficient (Wildman–Crippen LogP) is 4.37. The normalized spacial score (nSPS) is 21.7. The molecule has 12 rings (SSSR count). The lowest BCUT2D eigenvalue weighted by molar-refractivity contribution is -0.143. The number of aliphatic hydroxyl groups excluding tert-OH is 2. The third-order valence-corrected chi connectivity index (χ3v) is 14.8. The van der Waals surface area contributed by atoms with Crippen molar-refractivity contribution in [1.82, 2.24) is 31.9 Å². The van der Waals surface area contributed by atoms with Gasteiger partial charge in [0.15, 0.2) is 17.5 Å². The van der Waals surface area contributed by atoms with Gasteiger partial charge < -0.3 is 93.1 Å². The Morgan fingerprint density at radius 2 is 1.08 bits per heavy atom. The number of hydrogen-bond donors (Lipinski definition) is 16. The summed E-state index contributed by atoms with van der Waals surface area (Å²) in [5.41, 5.74) is 4.06. The quantitative estimate of drug-likeness (QED) is 0.114. The van der Waals surface area contributed by atoms with Crippen molar-refractivity contribution in [3.05, 3.63) is 176 Å². The van der Waals surface area contributed by atoms with E-state index in [2.05, 4.69) is 31.9 Å². The molecule has 7 aromatic rings. The summed E-state index contributed by atoms with van der Waals surface area (Å²) in [5, 5.41) is 114. The monoisotopic (exact) mass is 1200 g/mol. The average molecular weight is 1200 g/mol. The second-order valence-corrected chi connectivity index (χ2v) is 20.6. The molecule has 1 unspecified atom stereocenters. The van der Waals surface area contributed by atoms with E-state index in [1.165, 1.54) is 60.7 Å². The first kappa shape index (κ1) is 57.9. The van der Waals surface area contributed by atoms with Crippen LogP contribution in [-0.4, -0.2) is 99.5 Å². The number of fused-ring (bicyclic) bond motifs is 15. The highest BCUT2D eigenvalue weighted by molar-refractivity contribution is 6.32. The van der Waals surface area contributed by atoms with Crippen LogP contribution < -0.4 is 47.1 Å². The number of phenols is 6. The van der Waals surface area contributed by atoms with Gasteiger partial charge in [-0.25, -0.2) is 4.79 Å². The molecule has 0 saturated heterocycles. The molecule has 0 spiro atoms. The van der Waals surface area contributed by atoms with Crippen molar-refractivity contribution in [2.24, 2.45) is 5.73 Å². The summed E-state index contributed by atoms with van der Waals surface area (Å²) >= 11 is 13.2. The zero-order valence-electron chi connectivity index (χ0n) is 43.4. The molecule has 11 bridgehead atoms. The van der Waals surface area contributed by atoms with Crippen LogP contribution in [0.2, 0.25) is 10.0 Å². The molecule has 0 radical (unpaired) electrons. The van der Waals surface area contributed by atoms with Crippen LogP contribution in [0.5, 0.6) is 57.5 Å². The van der Waals surface area contributed by atoms with Gasteiger partial charge in [0.25, 0.3) is 0 Å². The fourth-order valence-corrected chi connectivity index (χ4v) is 10.3. The van der Waals surface area contributed by atoms with Gasteiger partial charge in [0, 0.05) is 22.8 Å². The summed E-state index contributed by atoms with van der Waals surface area (Å²) in [6.07, 6.45) is -4.08. The van der Waals surface area contributed by atoms with E-state index in [0.29, 0.717) is 0 Å². The lowest BCUT2D eigenvalue weighted by Crippen LogP contribution is -2.55. The van der Waals surface area contributed by atoms with Crippen molar-refractivity contribution in [2.45, 2.75) is 54.5 Å². The van der Waals surface area contributed by atoms with Crippen molar-refractivity contribution in [2.75, 3.05) is 0 Å². The minimum Gasteiger partial charge on any atom is -0.508 e. The molecule has 85 heavy (non-hydrogen) atoms. The van der Waals surface area contributed by atoms with Crippen LogP contribution in [-0.2, 0) is 33.6 Å². The topological polar surface area (TPSA) is 418 Å². The summed E-state index contributed by atoms with van der Waals surface area (Å²) in [6.45, 7) is 0. The molecule has 0 aliphatic carbocycles. The van der Waals surface area contributed by atoms with Gasteiger partial charge in [-0.2, -0.15) is 0 Å². The van der Waals surface area contributed by atoms with Crippen LogP contribution in [0, 0.1) is 0 Å². The minimum atomic E-state index is -2.19. The SMILES string of the molecule is N[C@@H](C(=O)N[C@H]1C(=O)NC(c2ccc(O)c(Cl)c2)C(=O)N[C@H]2C(=O)N[C@H]3C(=O)N[C@H](C(=O)N[C@H](C(=O)O)c4cc(O)cc(O)c4-c4cc3ccc4O)[C@H](O)c3ccc(c(Cl)c3)Oc3cc2cc(c3O)Oc2ccc(cc2)[C@H]1O)c1ccc(O)cc1. The molecule has 5 heterocycles. The largest absolute Gasteiger partial charge is 0.508 e. The maximum Gasteiger partial charge on any atom is 0.330 e. The van der Waals surface area contributed by atoms with Gasteiger partial charge in [-0.1, -0.05) is 65.7 Å². The second kappa shape index (κ2) is 23.1. The summed E-state index contributed by atoms with van der Waals surface area (Å²) in [7, 11) is 0. The highest BCUT2D eigenvalue weighted by atomic mass is 35.5. The van der Waals surface area contributed by atoms with Crippen molar-refractivity contribution < 1.29 is 89.0 Å². The number of amides is 6. The molecule has 0 saturated carbocycles. The number of carboxylic acid groups (broad SMARTS) is 1. The molecule has 6 amide bonds. The molecule has 436 valence electrons. The Morgan fingerprint density at radius 3 is 1.72 bits per heavy atom. The summed E-state index contributed by atoms with van der Waals surface area (Å²) in [5.74, 6) is -14.3. The fourth-order valence-electron chi connectivity index (χ4n) is 9.84. The Bertz CT molecular complexity index is 3910. The third kappa shape index (κ3) is 11.6. The lowest BCUT2D eigenvalue weighted by atomic mass is 9.89. The Labute approximate surface area is 488 Å². The van der Waals surface area contributed by atoms with Crippen molar-refractivity contribution in [1.29, 1.82) is 0 Å². The summed E-state index contributed by atoms with van der Waals surface area (Å²) < 4.78 is 12.3. The number of phenolic OH excluding ortho intramolecular Hbond substituents is 6. The smallest absolute Gasteiger partial charge is 0.330 e. The Hall–Kier alpha value is -10.3. The van der Waals surface area contributed by atoms with E-state index in [4.69, 9.17) is 38.4 Å². The van der Waals surface area contributed by atoms with E-state index in [0.717, 1.165) is 66.7 Å². The molecule has 27 heteroatoms. The molecule has 0 aromatic heterocycles. The third-order valence-electron chi connectivity index (χ3n) is 14.2. The number of aliphatic carboxylic acids is 1. The molecule has 17 N–H and O–H groups in total. The lowest BCUT2D eigenvalue weighted by Gasteiger charge is -2.31. The van der Waals surface area contributed by atoms with Gasteiger partial charge in [0.2, 0.25) is 41.2 Å². The Morgan fingerprint density at radius 1 is 0.518 bits per heavy atom. The van der Waals surface area contributed by atoms with E-state index in [9.17, 15) is 65.1 Å². The number of nitrogens with two attached hydrogens (primary N) is 1. The van der Waals surface area contributed by atoms with Gasteiger partial charge in [-0.15, -0.1) is 0 Å². The number of benzene rings is 7. The van der Waals surface area contributed by atoms with Gasteiger partial charge in [-0.05, 0) is 112 Å². The fraction of sp³-hybridized carbons (Fsp3) is 0.155. The van der Waals surface area contributed by atoms with Crippen LogP contribution >= 0.6 is 23.2 Å². The molecule has 9 atom stereocenters. The van der Waals surface area contributed by atoms with Gasteiger partial charge >= 0.3 is 5.97 Å². The maximum atomic E-state index is 15.6. The van der Waals surface area contributed by atoms with Gasteiger partial charge in [-0.3, -0.25) is 28.8 Å². The number of nitrogens with one attached hydrogen (secondary N) is 6. The summed E-state index contributed by atoms with van der Waals surface area (Å²) in [4.78, 5) is 102. The number of carbonyl (C=O) groups excluding carboxylic acids is 6. The molecular formula is C58H47Cl2N7O18. The maximum absolute atomic E-state index is 15.6.